The van der Waals surface area contributed by atoms with E-state index in [2.05, 4.69) is 17.4 Å². The van der Waals surface area contributed by atoms with E-state index in [9.17, 15) is 4.79 Å². The third-order valence-electron chi connectivity index (χ3n) is 2.72. The van der Waals surface area contributed by atoms with Gasteiger partial charge >= 0.3 is 0 Å². The SMILES string of the molecule is Cc1ccc(C(=O)CCNCc2ccccc2)o1. The lowest BCUT2D eigenvalue weighted by Gasteiger charge is -2.03. The monoisotopic (exact) mass is 243 g/mol. The maximum absolute atomic E-state index is 11.7. The molecule has 1 heterocycles. The fourth-order valence-electron chi connectivity index (χ4n) is 1.74. The van der Waals surface area contributed by atoms with Crippen molar-refractivity contribution in [3.63, 3.8) is 0 Å². The number of hydrogen-bond donors (Lipinski definition) is 1. The number of hydrogen-bond acceptors (Lipinski definition) is 3. The van der Waals surface area contributed by atoms with Gasteiger partial charge in [-0.3, -0.25) is 4.79 Å². The first kappa shape index (κ1) is 12.6. The zero-order chi connectivity index (χ0) is 12.8. The quantitative estimate of drug-likeness (QED) is 0.626. The normalized spacial score (nSPS) is 10.5. The minimum absolute atomic E-state index is 0.0451. The van der Waals surface area contributed by atoms with Crippen LogP contribution in [0.25, 0.3) is 0 Å². The fraction of sp³-hybridized carbons (Fsp3) is 0.267. The highest BCUT2D eigenvalue weighted by Gasteiger charge is 2.08. The second kappa shape index (κ2) is 6.17. The van der Waals surface area contributed by atoms with E-state index in [1.165, 1.54) is 5.56 Å². The van der Waals surface area contributed by atoms with Gasteiger partial charge in [-0.2, -0.15) is 0 Å². The van der Waals surface area contributed by atoms with Gasteiger partial charge in [-0.15, -0.1) is 0 Å². The molecule has 94 valence electrons. The van der Waals surface area contributed by atoms with Crippen LogP contribution in [-0.2, 0) is 6.54 Å². The van der Waals surface area contributed by atoms with Gasteiger partial charge in [0.1, 0.15) is 5.76 Å². The molecule has 0 amide bonds. The molecule has 3 nitrogen and oxygen atoms in total. The summed E-state index contributed by atoms with van der Waals surface area (Å²) in [6.07, 6.45) is 0.458. The van der Waals surface area contributed by atoms with E-state index in [4.69, 9.17) is 4.42 Å². The molecule has 0 bridgehead atoms. The van der Waals surface area contributed by atoms with Crippen LogP contribution in [0.15, 0.2) is 46.9 Å². The van der Waals surface area contributed by atoms with Crippen LogP contribution in [0.3, 0.4) is 0 Å². The van der Waals surface area contributed by atoms with Crippen LogP contribution in [0.2, 0.25) is 0 Å². The van der Waals surface area contributed by atoms with Crippen molar-refractivity contribution in [2.75, 3.05) is 6.54 Å². The van der Waals surface area contributed by atoms with Crippen molar-refractivity contribution in [3.8, 4) is 0 Å². The van der Waals surface area contributed by atoms with Crippen LogP contribution < -0.4 is 5.32 Å². The van der Waals surface area contributed by atoms with E-state index < -0.39 is 0 Å². The molecule has 0 aliphatic carbocycles. The van der Waals surface area contributed by atoms with Gasteiger partial charge in [-0.05, 0) is 24.6 Å². The zero-order valence-corrected chi connectivity index (χ0v) is 10.5. The molecule has 3 heteroatoms. The van der Waals surface area contributed by atoms with Crippen molar-refractivity contribution < 1.29 is 9.21 Å². The number of Topliss-reactive ketones (excluding diaryl/α,β-unsaturated/α-hetero) is 1. The van der Waals surface area contributed by atoms with Crippen molar-refractivity contribution in [1.29, 1.82) is 0 Å². The third kappa shape index (κ3) is 3.57. The highest BCUT2D eigenvalue weighted by Crippen LogP contribution is 2.08. The number of ketones is 1. The summed E-state index contributed by atoms with van der Waals surface area (Å²) in [6.45, 7) is 3.28. The lowest BCUT2D eigenvalue weighted by Crippen LogP contribution is -2.17. The molecule has 0 aliphatic heterocycles. The van der Waals surface area contributed by atoms with Gasteiger partial charge in [0.2, 0.25) is 0 Å². The number of aryl methyl sites for hydroxylation is 1. The zero-order valence-electron chi connectivity index (χ0n) is 10.5. The van der Waals surface area contributed by atoms with Crippen LogP contribution >= 0.6 is 0 Å². The van der Waals surface area contributed by atoms with E-state index in [0.29, 0.717) is 18.7 Å². The van der Waals surface area contributed by atoms with Gasteiger partial charge in [-0.25, -0.2) is 0 Å². The van der Waals surface area contributed by atoms with E-state index >= 15 is 0 Å². The predicted octanol–water partition coefficient (Wildman–Crippen LogP) is 2.95. The summed E-state index contributed by atoms with van der Waals surface area (Å²) in [5, 5.41) is 3.25. The number of carbonyl (C=O) groups excluding carboxylic acids is 1. The van der Waals surface area contributed by atoms with Crippen molar-refractivity contribution >= 4 is 5.78 Å². The average molecular weight is 243 g/mol. The van der Waals surface area contributed by atoms with Gasteiger partial charge < -0.3 is 9.73 Å². The topological polar surface area (TPSA) is 42.2 Å². The van der Waals surface area contributed by atoms with Gasteiger partial charge in [0, 0.05) is 19.5 Å². The van der Waals surface area contributed by atoms with Crippen molar-refractivity contribution in [3.05, 3.63) is 59.5 Å². The molecule has 1 aromatic carbocycles. The minimum atomic E-state index is 0.0451. The van der Waals surface area contributed by atoms with Gasteiger partial charge in [-0.1, -0.05) is 30.3 Å². The van der Waals surface area contributed by atoms with Crippen LogP contribution in [-0.4, -0.2) is 12.3 Å². The Morgan fingerprint density at radius 3 is 2.61 bits per heavy atom. The first-order chi connectivity index (χ1) is 8.75. The van der Waals surface area contributed by atoms with Crippen LogP contribution in [0.1, 0.15) is 28.3 Å². The summed E-state index contributed by atoms with van der Waals surface area (Å²) in [6, 6.07) is 13.7. The molecule has 0 radical (unpaired) electrons. The van der Waals surface area contributed by atoms with Crippen LogP contribution in [0.5, 0.6) is 0 Å². The number of nitrogens with one attached hydrogen (secondary N) is 1. The van der Waals surface area contributed by atoms with E-state index in [0.717, 1.165) is 12.3 Å². The molecular formula is C15H17NO2. The molecule has 0 unspecified atom stereocenters. The van der Waals surface area contributed by atoms with E-state index in [1.807, 2.05) is 31.2 Å². The Kier molecular flexibility index (Phi) is 4.31. The summed E-state index contributed by atoms with van der Waals surface area (Å²) in [4.78, 5) is 11.7. The van der Waals surface area contributed by atoms with Crippen LogP contribution in [0.4, 0.5) is 0 Å². The Bertz CT molecular complexity index is 502. The first-order valence-corrected chi connectivity index (χ1v) is 6.10. The van der Waals surface area contributed by atoms with Gasteiger partial charge in [0.05, 0.1) is 0 Å². The van der Waals surface area contributed by atoms with Gasteiger partial charge in [0.15, 0.2) is 11.5 Å². The van der Waals surface area contributed by atoms with Crippen LogP contribution in [0, 0.1) is 6.92 Å². The number of furan rings is 1. The summed E-state index contributed by atoms with van der Waals surface area (Å²) < 4.78 is 5.28. The summed E-state index contributed by atoms with van der Waals surface area (Å²) >= 11 is 0. The molecule has 1 aromatic heterocycles. The third-order valence-corrected chi connectivity index (χ3v) is 2.72. The highest BCUT2D eigenvalue weighted by atomic mass is 16.3. The molecule has 0 saturated carbocycles. The molecule has 0 atom stereocenters. The van der Waals surface area contributed by atoms with E-state index in [1.54, 1.807) is 6.07 Å². The smallest absolute Gasteiger partial charge is 0.199 e. The maximum Gasteiger partial charge on any atom is 0.199 e. The predicted molar refractivity (Wildman–Crippen MR) is 70.5 cm³/mol. The Labute approximate surface area is 107 Å². The molecule has 0 saturated heterocycles. The molecule has 0 aliphatic rings. The average Bonchev–Trinajstić information content (AvgIpc) is 2.82. The first-order valence-electron chi connectivity index (χ1n) is 6.10. The van der Waals surface area contributed by atoms with Crippen molar-refractivity contribution in [2.24, 2.45) is 0 Å². The van der Waals surface area contributed by atoms with Crippen molar-refractivity contribution in [2.45, 2.75) is 19.9 Å². The molecular weight excluding hydrogens is 226 g/mol. The Morgan fingerprint density at radius 1 is 1.17 bits per heavy atom. The molecule has 1 N–H and O–H groups in total. The summed E-state index contributed by atoms with van der Waals surface area (Å²) in [5.74, 6) is 1.27. The summed E-state index contributed by atoms with van der Waals surface area (Å²) in [7, 11) is 0. The van der Waals surface area contributed by atoms with E-state index in [-0.39, 0.29) is 5.78 Å². The Morgan fingerprint density at radius 2 is 1.94 bits per heavy atom. The minimum Gasteiger partial charge on any atom is -0.458 e. The highest BCUT2D eigenvalue weighted by molar-refractivity contribution is 5.93. The fourth-order valence-corrected chi connectivity index (χ4v) is 1.74. The lowest BCUT2D eigenvalue weighted by atomic mass is 10.2. The second-order valence-corrected chi connectivity index (χ2v) is 4.25. The lowest BCUT2D eigenvalue weighted by molar-refractivity contribution is 0.0954. The molecule has 0 fully saturated rings. The Hall–Kier alpha value is -1.87. The number of carbonyl (C=O) groups is 1. The standard InChI is InChI=1S/C15H17NO2/c1-12-7-8-15(18-12)14(17)9-10-16-11-13-5-3-2-4-6-13/h2-8,16H,9-11H2,1H3. The second-order valence-electron chi connectivity index (χ2n) is 4.25. The van der Waals surface area contributed by atoms with Crippen molar-refractivity contribution in [1.82, 2.24) is 5.32 Å². The largest absolute Gasteiger partial charge is 0.458 e. The number of rotatable bonds is 6. The summed E-state index contributed by atoms with van der Waals surface area (Å²) in [5.41, 5.74) is 1.22. The molecule has 2 rings (SSSR count). The molecule has 2 aromatic rings. The van der Waals surface area contributed by atoms with Gasteiger partial charge in [0.25, 0.3) is 0 Å². The number of benzene rings is 1. The Balaban J connectivity index is 1.71. The molecule has 18 heavy (non-hydrogen) atoms. The maximum atomic E-state index is 11.7. The molecule has 0 spiro atoms.